The molecule has 0 saturated carbocycles. The number of rotatable bonds is 10. The molecular formula is C22H30O9. The third-order valence-electron chi connectivity index (χ3n) is 4.80. The Morgan fingerprint density at radius 2 is 1.97 bits per heavy atom. The first-order chi connectivity index (χ1) is 14.7. The van der Waals surface area contributed by atoms with Gasteiger partial charge in [-0.2, -0.15) is 0 Å². The van der Waals surface area contributed by atoms with Crippen LogP contribution in [0.1, 0.15) is 46.0 Å². The molecule has 1 aromatic rings. The van der Waals surface area contributed by atoms with E-state index in [1.165, 1.54) is 24.3 Å². The lowest BCUT2D eigenvalue weighted by Gasteiger charge is -2.38. The highest BCUT2D eigenvalue weighted by Crippen LogP contribution is 2.26. The van der Waals surface area contributed by atoms with Crippen molar-refractivity contribution in [1.29, 1.82) is 0 Å². The molecule has 31 heavy (non-hydrogen) atoms. The number of aliphatic carboxylic acids is 1. The summed E-state index contributed by atoms with van der Waals surface area (Å²) < 4.78 is 21.8. The summed E-state index contributed by atoms with van der Waals surface area (Å²) in [5.74, 6) is -0.681. The third-order valence-corrected chi connectivity index (χ3v) is 4.80. The molecule has 9 nitrogen and oxygen atoms in total. The van der Waals surface area contributed by atoms with Crippen LogP contribution in [0.25, 0.3) is 0 Å². The van der Waals surface area contributed by atoms with Crippen molar-refractivity contribution in [3.8, 4) is 11.5 Å². The summed E-state index contributed by atoms with van der Waals surface area (Å²) in [6, 6.07) is 5.63. The van der Waals surface area contributed by atoms with Gasteiger partial charge in [0.25, 0.3) is 0 Å². The van der Waals surface area contributed by atoms with E-state index < -0.39 is 36.7 Å². The van der Waals surface area contributed by atoms with Crippen LogP contribution < -0.4 is 4.74 Å². The van der Waals surface area contributed by atoms with Crippen molar-refractivity contribution >= 4 is 12.1 Å². The monoisotopic (exact) mass is 438 g/mol. The zero-order valence-corrected chi connectivity index (χ0v) is 17.7. The number of aromatic hydroxyl groups is 1. The van der Waals surface area contributed by atoms with E-state index in [1.807, 2.05) is 6.92 Å². The molecule has 1 heterocycles. The van der Waals surface area contributed by atoms with Gasteiger partial charge in [0.2, 0.25) is 0 Å². The number of carbonyl (C=O) groups excluding carboxylic acids is 1. The van der Waals surface area contributed by atoms with Gasteiger partial charge in [0.15, 0.2) is 6.29 Å². The number of phenolic OH excluding ortho intramolecular Hbond substituents is 1. The van der Waals surface area contributed by atoms with Gasteiger partial charge in [0.1, 0.15) is 23.7 Å². The van der Waals surface area contributed by atoms with Gasteiger partial charge in [0, 0.05) is 12.5 Å². The van der Waals surface area contributed by atoms with E-state index in [0.717, 1.165) is 25.3 Å². The second kappa shape index (κ2) is 12.3. The van der Waals surface area contributed by atoms with Gasteiger partial charge in [-0.1, -0.05) is 12.5 Å². The Labute approximate surface area is 181 Å². The van der Waals surface area contributed by atoms with Crippen LogP contribution in [0.15, 0.2) is 36.4 Å². The van der Waals surface area contributed by atoms with Crippen LogP contribution in [0, 0.1) is 0 Å². The predicted molar refractivity (Wildman–Crippen MR) is 110 cm³/mol. The number of unbranched alkanes of at least 4 members (excludes halogenated alkanes) is 2. The zero-order chi connectivity index (χ0) is 22.8. The molecule has 1 unspecified atom stereocenters. The Morgan fingerprint density at radius 1 is 1.26 bits per heavy atom. The molecule has 0 amide bonds. The minimum absolute atomic E-state index is 0.0495. The normalized spacial score (nSPS) is 24.6. The second-order valence-corrected chi connectivity index (χ2v) is 7.49. The molecule has 0 bridgehead atoms. The van der Waals surface area contributed by atoms with Gasteiger partial charge in [-0.25, -0.2) is 9.59 Å². The SMILES string of the molecule is CC1O[C@@H](O[C@H](C)CCCC/C=C/C(=O)O)[C@H](O)C[C@H]1OC(=O)Oc1ccc(O)cc1. The summed E-state index contributed by atoms with van der Waals surface area (Å²) >= 11 is 0. The first-order valence-corrected chi connectivity index (χ1v) is 10.3. The fourth-order valence-corrected chi connectivity index (χ4v) is 3.13. The number of aliphatic hydroxyl groups is 1. The van der Waals surface area contributed by atoms with Gasteiger partial charge < -0.3 is 34.3 Å². The van der Waals surface area contributed by atoms with E-state index >= 15 is 0 Å². The maximum Gasteiger partial charge on any atom is 0.514 e. The number of carbonyl (C=O) groups is 2. The number of benzene rings is 1. The van der Waals surface area contributed by atoms with Crippen molar-refractivity contribution in [2.24, 2.45) is 0 Å². The predicted octanol–water partition coefficient (Wildman–Crippen LogP) is 3.38. The molecule has 3 N–H and O–H groups in total. The molecule has 1 aliphatic heterocycles. The van der Waals surface area contributed by atoms with Gasteiger partial charge in [-0.15, -0.1) is 0 Å². The Bertz CT molecular complexity index is 731. The minimum Gasteiger partial charge on any atom is -0.508 e. The Morgan fingerprint density at radius 3 is 2.65 bits per heavy atom. The average Bonchev–Trinajstić information content (AvgIpc) is 2.70. The summed E-state index contributed by atoms with van der Waals surface area (Å²) in [6.45, 7) is 3.60. The van der Waals surface area contributed by atoms with Crippen molar-refractivity contribution in [1.82, 2.24) is 0 Å². The summed E-state index contributed by atoms with van der Waals surface area (Å²) in [4.78, 5) is 22.4. The van der Waals surface area contributed by atoms with E-state index in [4.69, 9.17) is 24.1 Å². The van der Waals surface area contributed by atoms with Crippen molar-refractivity contribution < 1.29 is 43.9 Å². The van der Waals surface area contributed by atoms with E-state index in [2.05, 4.69) is 0 Å². The number of carboxylic acids is 1. The second-order valence-electron chi connectivity index (χ2n) is 7.49. The number of ether oxygens (including phenoxy) is 4. The smallest absolute Gasteiger partial charge is 0.508 e. The van der Waals surface area contributed by atoms with E-state index in [-0.39, 0.29) is 24.0 Å². The number of hydrogen-bond acceptors (Lipinski definition) is 8. The molecule has 1 fully saturated rings. The Hall–Kier alpha value is -2.62. The Kier molecular flexibility index (Phi) is 9.77. The maximum absolute atomic E-state index is 12.0. The van der Waals surface area contributed by atoms with Crippen molar-refractivity contribution in [2.75, 3.05) is 0 Å². The van der Waals surface area contributed by atoms with E-state index in [9.17, 15) is 19.8 Å². The molecule has 0 aliphatic carbocycles. The highest BCUT2D eigenvalue weighted by molar-refractivity contribution is 5.79. The molecule has 0 radical (unpaired) electrons. The first kappa shape index (κ1) is 24.6. The quantitative estimate of drug-likeness (QED) is 0.218. The van der Waals surface area contributed by atoms with Gasteiger partial charge in [-0.3, -0.25) is 0 Å². The number of aliphatic hydroxyl groups excluding tert-OH is 1. The average molecular weight is 438 g/mol. The topological polar surface area (TPSA) is 132 Å². The fraction of sp³-hybridized carbons (Fsp3) is 0.545. The standard InChI is InChI=1S/C22H30O9/c1-14(7-5-3-4-6-8-20(25)26)28-21-18(24)13-19(15(2)29-21)31-22(27)30-17-11-9-16(23)10-12-17/h6,8-12,14-15,18-19,21,23-24H,3-5,7,13H2,1-2H3,(H,25,26)/b8-6+/t14-,15?,18-,19-,21-/m1/s1. The molecule has 172 valence electrons. The number of hydrogen-bond donors (Lipinski definition) is 3. The summed E-state index contributed by atoms with van der Waals surface area (Å²) in [6.07, 6.45) is 1.90. The van der Waals surface area contributed by atoms with Gasteiger partial charge >= 0.3 is 12.1 Å². The fourth-order valence-electron chi connectivity index (χ4n) is 3.13. The molecule has 0 spiro atoms. The molecule has 5 atom stereocenters. The van der Waals surface area contributed by atoms with Crippen LogP contribution in [0.3, 0.4) is 0 Å². The molecule has 1 aromatic carbocycles. The maximum atomic E-state index is 12.0. The molecule has 1 saturated heterocycles. The zero-order valence-electron chi connectivity index (χ0n) is 17.7. The highest BCUT2D eigenvalue weighted by Gasteiger charge is 2.38. The molecule has 1 aliphatic rings. The van der Waals surface area contributed by atoms with Crippen molar-refractivity contribution in [3.05, 3.63) is 36.4 Å². The Balaban J connectivity index is 1.71. The summed E-state index contributed by atoms with van der Waals surface area (Å²) in [5, 5.41) is 28.2. The van der Waals surface area contributed by atoms with Crippen molar-refractivity contribution in [3.63, 3.8) is 0 Å². The van der Waals surface area contributed by atoms with Crippen LogP contribution in [0.5, 0.6) is 11.5 Å². The highest BCUT2D eigenvalue weighted by atomic mass is 16.7. The number of allylic oxidation sites excluding steroid dienone is 1. The third kappa shape index (κ3) is 8.95. The van der Waals surface area contributed by atoms with Crippen LogP contribution >= 0.6 is 0 Å². The number of phenols is 1. The van der Waals surface area contributed by atoms with Crippen LogP contribution in [0.4, 0.5) is 4.79 Å². The summed E-state index contributed by atoms with van der Waals surface area (Å²) in [7, 11) is 0. The lowest BCUT2D eigenvalue weighted by Crippen LogP contribution is -2.49. The molecular weight excluding hydrogens is 408 g/mol. The first-order valence-electron chi connectivity index (χ1n) is 10.3. The van der Waals surface area contributed by atoms with E-state index in [0.29, 0.717) is 6.42 Å². The molecule has 2 rings (SSSR count). The minimum atomic E-state index is -0.969. The van der Waals surface area contributed by atoms with Crippen LogP contribution in [0.2, 0.25) is 0 Å². The molecule has 9 heteroatoms. The van der Waals surface area contributed by atoms with Crippen LogP contribution in [-0.4, -0.2) is 58.2 Å². The van der Waals surface area contributed by atoms with Crippen LogP contribution in [-0.2, 0) is 19.0 Å². The largest absolute Gasteiger partial charge is 0.514 e. The van der Waals surface area contributed by atoms with Crippen molar-refractivity contribution in [2.45, 2.75) is 76.7 Å². The van der Waals surface area contributed by atoms with Gasteiger partial charge in [-0.05, 0) is 57.4 Å². The lowest BCUT2D eigenvalue weighted by molar-refractivity contribution is -0.274. The summed E-state index contributed by atoms with van der Waals surface area (Å²) in [5.41, 5.74) is 0. The lowest BCUT2D eigenvalue weighted by atomic mass is 10.0. The van der Waals surface area contributed by atoms with E-state index in [1.54, 1.807) is 13.0 Å². The molecule has 0 aromatic heterocycles. The van der Waals surface area contributed by atoms with Gasteiger partial charge in [0.05, 0.1) is 12.2 Å². The number of carboxylic acid groups (broad SMARTS) is 1.